The molecule has 1 saturated heterocycles. The Kier molecular flexibility index (Phi) is 6.13. The summed E-state index contributed by atoms with van der Waals surface area (Å²) in [6.45, 7) is 4.61. The number of hydrogen-bond acceptors (Lipinski definition) is 3. The van der Waals surface area contributed by atoms with E-state index in [2.05, 4.69) is 16.5 Å². The summed E-state index contributed by atoms with van der Waals surface area (Å²) in [5.74, 6) is 0.706. The molecule has 1 aliphatic heterocycles. The number of halogens is 2. The molecule has 0 aliphatic carbocycles. The molecule has 0 saturated carbocycles. The fourth-order valence-electron chi connectivity index (χ4n) is 3.19. The van der Waals surface area contributed by atoms with Gasteiger partial charge in [-0.15, -0.1) is 0 Å². The molecule has 140 valence electrons. The number of anilines is 1. The normalized spacial score (nSPS) is 18.1. The van der Waals surface area contributed by atoms with E-state index in [1.54, 1.807) is 6.07 Å². The van der Waals surface area contributed by atoms with Crippen LogP contribution in [0, 0.1) is 5.92 Å². The van der Waals surface area contributed by atoms with Gasteiger partial charge in [0.15, 0.2) is 0 Å². The molecule has 7 heteroatoms. The molecule has 3 rings (SSSR count). The average molecular weight is 413 g/mol. The van der Waals surface area contributed by atoms with E-state index in [9.17, 15) is 8.42 Å². The number of nitrogens with zero attached hydrogens (tertiary/aromatic N) is 1. The largest absolute Gasteiger partial charge is 0.371 e. The zero-order chi connectivity index (χ0) is 18.7. The summed E-state index contributed by atoms with van der Waals surface area (Å²) in [4.78, 5) is 2.37. The second kappa shape index (κ2) is 8.17. The van der Waals surface area contributed by atoms with Crippen LogP contribution in [0.3, 0.4) is 0 Å². The summed E-state index contributed by atoms with van der Waals surface area (Å²) in [7, 11) is -3.73. The molecule has 0 spiro atoms. The molecule has 0 aromatic heterocycles. The SMILES string of the molecule is CC1CCCN(c2ccc(CNS(=O)(=O)c3cc(Cl)ccc3Cl)cc2)C1. The second-order valence-electron chi connectivity index (χ2n) is 6.76. The minimum absolute atomic E-state index is 0.00871. The highest BCUT2D eigenvalue weighted by molar-refractivity contribution is 7.89. The molecule has 1 heterocycles. The first-order chi connectivity index (χ1) is 12.3. The molecular formula is C19H22Cl2N2O2S. The van der Waals surface area contributed by atoms with E-state index in [-0.39, 0.29) is 16.5 Å². The third kappa shape index (κ3) is 4.71. The third-order valence-corrected chi connectivity index (χ3v) is 6.73. The maximum Gasteiger partial charge on any atom is 0.242 e. The minimum Gasteiger partial charge on any atom is -0.371 e. The predicted molar refractivity (Wildman–Crippen MR) is 108 cm³/mol. The first-order valence-electron chi connectivity index (χ1n) is 8.64. The van der Waals surface area contributed by atoms with E-state index in [1.165, 1.54) is 30.7 Å². The summed E-state index contributed by atoms with van der Waals surface area (Å²) in [5.41, 5.74) is 2.07. The molecule has 1 N–H and O–H groups in total. The summed E-state index contributed by atoms with van der Waals surface area (Å²) >= 11 is 11.9. The number of hydrogen-bond donors (Lipinski definition) is 1. The molecule has 1 atom stereocenters. The van der Waals surface area contributed by atoms with Crippen molar-refractivity contribution in [2.75, 3.05) is 18.0 Å². The van der Waals surface area contributed by atoms with Crippen molar-refractivity contribution in [3.63, 3.8) is 0 Å². The lowest BCUT2D eigenvalue weighted by Gasteiger charge is -2.32. The maximum absolute atomic E-state index is 12.5. The Balaban J connectivity index is 1.67. The fourth-order valence-corrected chi connectivity index (χ4v) is 4.97. The van der Waals surface area contributed by atoms with Crippen molar-refractivity contribution >= 4 is 38.9 Å². The lowest BCUT2D eigenvalue weighted by Crippen LogP contribution is -2.34. The van der Waals surface area contributed by atoms with Crippen LogP contribution in [-0.2, 0) is 16.6 Å². The maximum atomic E-state index is 12.5. The summed E-state index contributed by atoms with van der Waals surface area (Å²) in [6, 6.07) is 12.4. The van der Waals surface area contributed by atoms with Crippen molar-refractivity contribution in [2.24, 2.45) is 5.92 Å². The lowest BCUT2D eigenvalue weighted by atomic mass is 9.99. The molecule has 0 bridgehead atoms. The second-order valence-corrected chi connectivity index (χ2v) is 9.34. The molecule has 26 heavy (non-hydrogen) atoms. The fraction of sp³-hybridized carbons (Fsp3) is 0.368. The molecule has 0 amide bonds. The van der Waals surface area contributed by atoms with Crippen LogP contribution in [0.2, 0.25) is 10.0 Å². The Labute approximate surface area is 165 Å². The zero-order valence-corrected chi connectivity index (χ0v) is 16.9. The van der Waals surface area contributed by atoms with Crippen molar-refractivity contribution in [1.82, 2.24) is 4.72 Å². The van der Waals surface area contributed by atoms with Gasteiger partial charge in [0, 0.05) is 30.3 Å². The quantitative estimate of drug-likeness (QED) is 0.773. The molecule has 1 fully saturated rings. The van der Waals surface area contributed by atoms with E-state index in [0.29, 0.717) is 10.9 Å². The predicted octanol–water partition coefficient (Wildman–Crippen LogP) is 4.71. The Hall–Kier alpha value is -1.27. The molecule has 2 aromatic carbocycles. The molecule has 1 unspecified atom stereocenters. The Morgan fingerprint density at radius 2 is 1.88 bits per heavy atom. The van der Waals surface area contributed by atoms with Crippen molar-refractivity contribution in [3.05, 3.63) is 58.1 Å². The van der Waals surface area contributed by atoms with Crippen molar-refractivity contribution in [2.45, 2.75) is 31.2 Å². The number of piperidine rings is 1. The van der Waals surface area contributed by atoms with E-state index < -0.39 is 10.0 Å². The summed E-state index contributed by atoms with van der Waals surface area (Å²) < 4.78 is 27.5. The van der Waals surface area contributed by atoms with E-state index in [1.807, 2.05) is 24.3 Å². The lowest BCUT2D eigenvalue weighted by molar-refractivity contribution is 0.447. The van der Waals surface area contributed by atoms with Crippen LogP contribution in [0.5, 0.6) is 0 Å². The number of sulfonamides is 1. The van der Waals surface area contributed by atoms with Gasteiger partial charge >= 0.3 is 0 Å². The highest BCUT2D eigenvalue weighted by Crippen LogP contribution is 2.26. The first kappa shape index (κ1) is 19.5. The van der Waals surface area contributed by atoms with Gasteiger partial charge in [0.1, 0.15) is 4.90 Å². The minimum atomic E-state index is -3.73. The van der Waals surface area contributed by atoms with Crippen LogP contribution in [-0.4, -0.2) is 21.5 Å². The van der Waals surface area contributed by atoms with Gasteiger partial charge in [-0.05, 0) is 54.7 Å². The van der Waals surface area contributed by atoms with Crippen LogP contribution >= 0.6 is 23.2 Å². The van der Waals surface area contributed by atoms with E-state index in [0.717, 1.165) is 18.7 Å². The van der Waals surface area contributed by atoms with E-state index >= 15 is 0 Å². The summed E-state index contributed by atoms with van der Waals surface area (Å²) in [5, 5.41) is 0.478. The smallest absolute Gasteiger partial charge is 0.242 e. The van der Waals surface area contributed by atoms with Gasteiger partial charge in [-0.2, -0.15) is 0 Å². The van der Waals surface area contributed by atoms with Crippen LogP contribution < -0.4 is 9.62 Å². The van der Waals surface area contributed by atoms with E-state index in [4.69, 9.17) is 23.2 Å². The number of nitrogens with one attached hydrogen (secondary N) is 1. The van der Waals surface area contributed by atoms with Crippen LogP contribution in [0.4, 0.5) is 5.69 Å². The molecule has 2 aromatic rings. The van der Waals surface area contributed by atoms with Crippen molar-refractivity contribution in [1.29, 1.82) is 0 Å². The van der Waals surface area contributed by atoms with Crippen molar-refractivity contribution < 1.29 is 8.42 Å². The van der Waals surface area contributed by atoms with Gasteiger partial charge in [-0.25, -0.2) is 13.1 Å². The van der Waals surface area contributed by atoms with Crippen molar-refractivity contribution in [3.8, 4) is 0 Å². The van der Waals surface area contributed by atoms with Gasteiger partial charge in [-0.3, -0.25) is 0 Å². The Bertz CT molecular complexity index is 870. The third-order valence-electron chi connectivity index (χ3n) is 4.61. The molecular weight excluding hydrogens is 391 g/mol. The topological polar surface area (TPSA) is 49.4 Å². The van der Waals surface area contributed by atoms with Crippen LogP contribution in [0.1, 0.15) is 25.3 Å². The number of benzene rings is 2. The van der Waals surface area contributed by atoms with Gasteiger partial charge in [0.05, 0.1) is 5.02 Å². The molecule has 4 nitrogen and oxygen atoms in total. The first-order valence-corrected chi connectivity index (χ1v) is 10.9. The monoisotopic (exact) mass is 412 g/mol. The zero-order valence-electron chi connectivity index (χ0n) is 14.6. The van der Waals surface area contributed by atoms with Crippen LogP contribution in [0.15, 0.2) is 47.4 Å². The van der Waals surface area contributed by atoms with Gasteiger partial charge < -0.3 is 4.90 Å². The van der Waals surface area contributed by atoms with Crippen LogP contribution in [0.25, 0.3) is 0 Å². The van der Waals surface area contributed by atoms with Gasteiger partial charge in [0.25, 0.3) is 0 Å². The molecule has 1 aliphatic rings. The Morgan fingerprint density at radius 3 is 2.58 bits per heavy atom. The highest BCUT2D eigenvalue weighted by atomic mass is 35.5. The molecule has 0 radical (unpaired) electrons. The Morgan fingerprint density at radius 1 is 1.15 bits per heavy atom. The number of rotatable bonds is 5. The highest BCUT2D eigenvalue weighted by Gasteiger charge is 2.19. The average Bonchev–Trinajstić information content (AvgIpc) is 2.62. The van der Waals surface area contributed by atoms with Gasteiger partial charge in [0.2, 0.25) is 10.0 Å². The summed E-state index contributed by atoms with van der Waals surface area (Å²) in [6.07, 6.45) is 2.49. The standard InChI is InChI=1S/C19H22Cl2N2O2S/c1-14-3-2-10-23(13-14)17-7-4-15(5-8-17)12-22-26(24,25)19-11-16(20)6-9-18(19)21/h4-9,11,14,22H,2-3,10,12-13H2,1H3. The van der Waals surface area contributed by atoms with Gasteiger partial charge in [-0.1, -0.05) is 42.3 Å².